The summed E-state index contributed by atoms with van der Waals surface area (Å²) >= 11 is 0. The molecule has 0 radical (unpaired) electrons. The van der Waals surface area contributed by atoms with Gasteiger partial charge in [-0.15, -0.1) is 0 Å². The predicted octanol–water partition coefficient (Wildman–Crippen LogP) is 1.99. The van der Waals surface area contributed by atoms with Crippen molar-refractivity contribution in [1.29, 1.82) is 0 Å². The van der Waals surface area contributed by atoms with E-state index in [1.54, 1.807) is 13.2 Å². The van der Waals surface area contributed by atoms with Crippen LogP contribution in [0.2, 0.25) is 0 Å². The van der Waals surface area contributed by atoms with Gasteiger partial charge in [-0.25, -0.2) is 0 Å². The molecule has 0 heterocycles. The van der Waals surface area contributed by atoms with Crippen molar-refractivity contribution in [1.82, 2.24) is 5.32 Å². The van der Waals surface area contributed by atoms with Gasteiger partial charge in [0.2, 0.25) is 0 Å². The molecule has 0 aliphatic rings. The molecule has 0 rings (SSSR count). The van der Waals surface area contributed by atoms with Gasteiger partial charge in [0.05, 0.1) is 6.61 Å². The van der Waals surface area contributed by atoms with Gasteiger partial charge in [-0.05, 0) is 5.92 Å². The van der Waals surface area contributed by atoms with Gasteiger partial charge in [-0.2, -0.15) is 0 Å². The third-order valence-corrected chi connectivity index (χ3v) is 2.12. The molecule has 0 fully saturated rings. The number of allylic oxidation sites excluding steroid dienone is 2. The van der Waals surface area contributed by atoms with Gasteiger partial charge in [0.25, 0.3) is 0 Å². The average molecular weight is 213 g/mol. The number of methoxy groups -OCH3 is 1. The summed E-state index contributed by atoms with van der Waals surface area (Å²) in [6.07, 6.45) is 1.71. The zero-order chi connectivity index (χ0) is 11.8. The molecule has 0 aromatic rings. The highest BCUT2D eigenvalue weighted by atomic mass is 16.5. The lowest BCUT2D eigenvalue weighted by Crippen LogP contribution is -2.23. The Morgan fingerprint density at radius 3 is 2.27 bits per heavy atom. The summed E-state index contributed by atoms with van der Waals surface area (Å²) in [7, 11) is 1.67. The maximum atomic E-state index is 11.5. The maximum Gasteiger partial charge on any atom is 0.159 e. The van der Waals surface area contributed by atoms with Gasteiger partial charge < -0.3 is 10.1 Å². The molecule has 0 spiro atoms. The third kappa shape index (κ3) is 6.28. The van der Waals surface area contributed by atoms with E-state index in [9.17, 15) is 4.79 Å². The van der Waals surface area contributed by atoms with Crippen molar-refractivity contribution in [2.45, 2.75) is 27.7 Å². The second-order valence-corrected chi connectivity index (χ2v) is 4.23. The molecule has 15 heavy (non-hydrogen) atoms. The van der Waals surface area contributed by atoms with Crippen LogP contribution in [0.15, 0.2) is 11.8 Å². The number of nitrogens with one attached hydrogen (secondary N) is 1. The molecule has 3 heteroatoms. The Hall–Kier alpha value is -0.830. The minimum absolute atomic E-state index is 0.0583. The quantitative estimate of drug-likeness (QED) is 0.519. The monoisotopic (exact) mass is 213 g/mol. The van der Waals surface area contributed by atoms with E-state index in [-0.39, 0.29) is 11.7 Å². The molecule has 0 amide bonds. The minimum atomic E-state index is 0.0583. The number of carbonyl (C=O) groups excluding carboxylic acids is 1. The molecular formula is C12H23NO2. The number of ether oxygens (including phenoxy) is 1. The first-order chi connectivity index (χ1) is 6.99. The minimum Gasteiger partial charge on any atom is -0.386 e. The molecule has 1 N–H and O–H groups in total. The maximum absolute atomic E-state index is 11.5. The van der Waals surface area contributed by atoms with Gasteiger partial charge in [0.1, 0.15) is 0 Å². The number of rotatable bonds is 7. The first-order valence-electron chi connectivity index (χ1n) is 5.47. The van der Waals surface area contributed by atoms with Crippen LogP contribution in [0, 0.1) is 11.8 Å². The number of carbonyl (C=O) groups is 1. The van der Waals surface area contributed by atoms with E-state index < -0.39 is 0 Å². The van der Waals surface area contributed by atoms with E-state index in [1.807, 2.05) is 13.8 Å². The molecule has 0 aliphatic carbocycles. The van der Waals surface area contributed by atoms with Crippen molar-refractivity contribution in [3.63, 3.8) is 0 Å². The van der Waals surface area contributed by atoms with Crippen molar-refractivity contribution in [2.24, 2.45) is 11.8 Å². The average Bonchev–Trinajstić information content (AvgIpc) is 2.15. The Kier molecular flexibility index (Phi) is 7.05. The molecular weight excluding hydrogens is 190 g/mol. The number of hydrogen-bond acceptors (Lipinski definition) is 3. The van der Waals surface area contributed by atoms with Crippen LogP contribution >= 0.6 is 0 Å². The van der Waals surface area contributed by atoms with E-state index in [4.69, 9.17) is 4.74 Å². The molecule has 0 saturated heterocycles. The molecule has 3 nitrogen and oxygen atoms in total. The summed E-state index contributed by atoms with van der Waals surface area (Å²) in [6.45, 7) is 9.35. The van der Waals surface area contributed by atoms with Gasteiger partial charge in [-0.3, -0.25) is 4.79 Å². The first kappa shape index (κ1) is 14.2. The summed E-state index contributed by atoms with van der Waals surface area (Å²) in [5.41, 5.74) is 0.991. The molecule has 0 atom stereocenters. The van der Waals surface area contributed by atoms with Gasteiger partial charge >= 0.3 is 0 Å². The molecule has 0 aromatic heterocycles. The predicted molar refractivity (Wildman–Crippen MR) is 62.6 cm³/mol. The smallest absolute Gasteiger partial charge is 0.159 e. The van der Waals surface area contributed by atoms with Crippen molar-refractivity contribution in [3.05, 3.63) is 11.8 Å². The zero-order valence-electron chi connectivity index (χ0n) is 10.5. The van der Waals surface area contributed by atoms with Gasteiger partial charge in [0.15, 0.2) is 5.78 Å². The summed E-state index contributed by atoms with van der Waals surface area (Å²) < 4.78 is 4.95. The largest absolute Gasteiger partial charge is 0.386 e. The van der Waals surface area contributed by atoms with Crippen LogP contribution in [0.3, 0.4) is 0 Å². The van der Waals surface area contributed by atoms with Crippen LogP contribution < -0.4 is 5.32 Å². The van der Waals surface area contributed by atoms with E-state index in [0.717, 1.165) is 12.2 Å². The van der Waals surface area contributed by atoms with Crippen LogP contribution in [0.5, 0.6) is 0 Å². The molecule has 0 saturated carbocycles. The lowest BCUT2D eigenvalue weighted by Gasteiger charge is -2.14. The summed E-state index contributed by atoms with van der Waals surface area (Å²) in [4.78, 5) is 11.5. The zero-order valence-corrected chi connectivity index (χ0v) is 10.5. The van der Waals surface area contributed by atoms with E-state index in [1.165, 1.54) is 0 Å². The third-order valence-electron chi connectivity index (χ3n) is 2.12. The van der Waals surface area contributed by atoms with Crippen LogP contribution in [0.25, 0.3) is 0 Å². The fourth-order valence-electron chi connectivity index (χ4n) is 1.04. The molecule has 0 unspecified atom stereocenters. The number of hydrogen-bond donors (Lipinski definition) is 1. The Labute approximate surface area is 92.9 Å². The van der Waals surface area contributed by atoms with Crippen molar-refractivity contribution < 1.29 is 9.53 Å². The Morgan fingerprint density at radius 2 is 1.87 bits per heavy atom. The second-order valence-electron chi connectivity index (χ2n) is 4.23. The fraction of sp³-hybridized carbons (Fsp3) is 0.750. The lowest BCUT2D eigenvalue weighted by atomic mass is 10.0. The Balaban J connectivity index is 4.31. The van der Waals surface area contributed by atoms with Gasteiger partial charge in [0, 0.05) is 31.3 Å². The Morgan fingerprint density at radius 1 is 1.27 bits per heavy atom. The normalized spacial score (nSPS) is 12.3. The second kappa shape index (κ2) is 7.46. The van der Waals surface area contributed by atoms with E-state index in [0.29, 0.717) is 12.5 Å². The highest BCUT2D eigenvalue weighted by Crippen LogP contribution is 2.07. The molecule has 0 bridgehead atoms. The standard InChI is InChI=1S/C12H23NO2/c1-9(2)11(13-6-7-15-5)8-12(14)10(3)4/h8-10,13H,6-7H2,1-5H3/b11-8+. The van der Waals surface area contributed by atoms with Crippen LogP contribution in [-0.2, 0) is 9.53 Å². The molecule has 0 aliphatic heterocycles. The van der Waals surface area contributed by atoms with Crippen molar-refractivity contribution >= 4 is 5.78 Å². The number of ketones is 1. The topological polar surface area (TPSA) is 38.3 Å². The first-order valence-corrected chi connectivity index (χ1v) is 5.47. The SMILES string of the molecule is COCCN/C(=C/C(=O)C(C)C)C(C)C. The van der Waals surface area contributed by atoms with E-state index in [2.05, 4.69) is 19.2 Å². The fourth-order valence-corrected chi connectivity index (χ4v) is 1.04. The molecule has 0 aromatic carbocycles. The highest BCUT2D eigenvalue weighted by Gasteiger charge is 2.08. The Bertz CT molecular complexity index is 220. The summed E-state index contributed by atoms with van der Waals surface area (Å²) in [6, 6.07) is 0. The van der Waals surface area contributed by atoms with Gasteiger partial charge in [-0.1, -0.05) is 27.7 Å². The molecule has 88 valence electrons. The van der Waals surface area contributed by atoms with Crippen molar-refractivity contribution in [2.75, 3.05) is 20.3 Å². The highest BCUT2D eigenvalue weighted by molar-refractivity contribution is 5.91. The summed E-state index contributed by atoms with van der Waals surface area (Å²) in [5.74, 6) is 0.566. The van der Waals surface area contributed by atoms with E-state index >= 15 is 0 Å². The van der Waals surface area contributed by atoms with Crippen LogP contribution in [0.4, 0.5) is 0 Å². The summed E-state index contributed by atoms with van der Waals surface area (Å²) in [5, 5.41) is 3.22. The lowest BCUT2D eigenvalue weighted by molar-refractivity contribution is -0.117. The van der Waals surface area contributed by atoms with Crippen LogP contribution in [0.1, 0.15) is 27.7 Å². The van der Waals surface area contributed by atoms with Crippen LogP contribution in [-0.4, -0.2) is 26.0 Å². The van der Waals surface area contributed by atoms with Crippen molar-refractivity contribution in [3.8, 4) is 0 Å².